The Morgan fingerprint density at radius 2 is 2.12 bits per heavy atom. The maximum Gasteiger partial charge on any atom is 0.273 e. The average molecular weight is 359 g/mol. The maximum atomic E-state index is 13.5. The van der Waals surface area contributed by atoms with E-state index in [1.807, 2.05) is 12.1 Å². The van der Waals surface area contributed by atoms with Gasteiger partial charge in [-0.05, 0) is 30.2 Å². The first-order chi connectivity index (χ1) is 12.6. The van der Waals surface area contributed by atoms with Crippen LogP contribution in [0.2, 0.25) is 0 Å². The summed E-state index contributed by atoms with van der Waals surface area (Å²) >= 11 is 0. The van der Waals surface area contributed by atoms with E-state index in [0.717, 1.165) is 11.6 Å². The summed E-state index contributed by atoms with van der Waals surface area (Å²) in [5.74, 6) is -2.69. The minimum absolute atomic E-state index is 0.0751. The van der Waals surface area contributed by atoms with Crippen molar-refractivity contribution in [3.8, 4) is 5.75 Å². The summed E-state index contributed by atoms with van der Waals surface area (Å²) in [6, 6.07) is 7.33. The largest absolute Gasteiger partial charge is 0.481 e. The number of hydrogen-bond acceptors (Lipinski definition) is 5. The minimum Gasteiger partial charge on any atom is -0.481 e. The number of nitrogens with zero attached hydrogens (tertiary/aromatic N) is 2. The summed E-state index contributed by atoms with van der Waals surface area (Å²) in [6.45, 7) is 0.182. The van der Waals surface area contributed by atoms with Gasteiger partial charge in [-0.15, -0.1) is 0 Å². The second kappa shape index (κ2) is 8.19. The molecule has 0 aliphatic heterocycles. The second-order valence-corrected chi connectivity index (χ2v) is 5.33. The number of hydrogen-bond donors (Lipinski definition) is 1. The summed E-state index contributed by atoms with van der Waals surface area (Å²) in [7, 11) is 0. The first kappa shape index (κ1) is 17.5. The molecule has 0 spiro atoms. The molecule has 0 bridgehead atoms. The molecule has 2 aromatic heterocycles. The van der Waals surface area contributed by atoms with Crippen molar-refractivity contribution in [2.75, 3.05) is 6.54 Å². The van der Waals surface area contributed by atoms with Crippen molar-refractivity contribution in [3.63, 3.8) is 0 Å². The number of carbonyl (C=O) groups is 1. The number of nitrogens with one attached hydrogen (secondary N) is 1. The molecule has 8 heteroatoms. The molecule has 0 unspecified atom stereocenters. The third-order valence-electron chi connectivity index (χ3n) is 3.47. The Morgan fingerprint density at radius 3 is 2.92 bits per heavy atom. The van der Waals surface area contributed by atoms with Gasteiger partial charge in [0.05, 0.1) is 0 Å². The van der Waals surface area contributed by atoms with Crippen molar-refractivity contribution < 1.29 is 22.7 Å². The third kappa shape index (κ3) is 4.41. The van der Waals surface area contributed by atoms with Gasteiger partial charge in [0, 0.05) is 18.9 Å². The van der Waals surface area contributed by atoms with Crippen molar-refractivity contribution in [3.05, 3.63) is 77.8 Å². The van der Waals surface area contributed by atoms with Crippen molar-refractivity contribution in [2.45, 2.75) is 13.0 Å². The van der Waals surface area contributed by atoms with E-state index in [1.165, 1.54) is 18.4 Å². The molecule has 26 heavy (non-hydrogen) atoms. The van der Waals surface area contributed by atoms with Crippen LogP contribution in [0.1, 0.15) is 21.9 Å². The lowest BCUT2D eigenvalue weighted by atomic mass is 10.2. The first-order valence-electron chi connectivity index (χ1n) is 7.82. The fourth-order valence-corrected chi connectivity index (χ4v) is 2.17. The SMILES string of the molecule is O=C(NCCc1cccnc1)c1coc(COc2cccc(F)c2F)n1. The summed E-state index contributed by atoms with van der Waals surface area (Å²) in [4.78, 5) is 20.0. The van der Waals surface area contributed by atoms with E-state index in [9.17, 15) is 13.6 Å². The van der Waals surface area contributed by atoms with E-state index in [1.54, 1.807) is 12.4 Å². The van der Waals surface area contributed by atoms with Crippen LogP contribution in [0.15, 0.2) is 53.4 Å². The van der Waals surface area contributed by atoms with Crippen LogP contribution in [0.3, 0.4) is 0 Å². The van der Waals surface area contributed by atoms with Gasteiger partial charge in [0.15, 0.2) is 23.9 Å². The number of pyridine rings is 1. The van der Waals surface area contributed by atoms with E-state index in [2.05, 4.69) is 15.3 Å². The molecule has 1 amide bonds. The summed E-state index contributed by atoms with van der Waals surface area (Å²) in [5, 5.41) is 2.71. The molecule has 0 radical (unpaired) electrons. The molecule has 3 aromatic rings. The van der Waals surface area contributed by atoms with E-state index in [0.29, 0.717) is 13.0 Å². The molecule has 0 aliphatic rings. The standard InChI is InChI=1S/C18H15F2N3O3/c19-13-4-1-5-15(17(13)20)25-11-16-23-14(10-26-16)18(24)22-8-6-12-3-2-7-21-9-12/h1-5,7,9-10H,6,8,11H2,(H,22,24). The molecule has 0 fully saturated rings. The van der Waals surface area contributed by atoms with Gasteiger partial charge in [-0.25, -0.2) is 9.37 Å². The molecule has 2 heterocycles. The number of ether oxygens (including phenoxy) is 1. The van der Waals surface area contributed by atoms with Gasteiger partial charge in [-0.2, -0.15) is 4.39 Å². The highest BCUT2D eigenvalue weighted by Crippen LogP contribution is 2.20. The fourth-order valence-electron chi connectivity index (χ4n) is 2.17. The maximum absolute atomic E-state index is 13.5. The Labute approximate surface area is 147 Å². The highest BCUT2D eigenvalue weighted by Gasteiger charge is 2.14. The highest BCUT2D eigenvalue weighted by atomic mass is 19.2. The van der Waals surface area contributed by atoms with E-state index in [-0.39, 0.29) is 23.9 Å². The number of oxazole rings is 1. The molecule has 0 saturated heterocycles. The Bertz CT molecular complexity index is 884. The van der Waals surface area contributed by atoms with Gasteiger partial charge in [-0.3, -0.25) is 9.78 Å². The number of amides is 1. The number of halogens is 2. The molecule has 6 nitrogen and oxygen atoms in total. The Kier molecular flexibility index (Phi) is 5.52. The van der Waals surface area contributed by atoms with Crippen LogP contribution in [0, 0.1) is 11.6 Å². The monoisotopic (exact) mass is 359 g/mol. The Balaban J connectivity index is 1.50. The fraction of sp³-hybridized carbons (Fsp3) is 0.167. The van der Waals surface area contributed by atoms with E-state index >= 15 is 0 Å². The summed E-state index contributed by atoms with van der Waals surface area (Å²) in [6.07, 6.45) is 5.21. The second-order valence-electron chi connectivity index (χ2n) is 5.33. The van der Waals surface area contributed by atoms with Crippen molar-refractivity contribution >= 4 is 5.91 Å². The van der Waals surface area contributed by atoms with Crippen LogP contribution in [0.4, 0.5) is 8.78 Å². The smallest absolute Gasteiger partial charge is 0.273 e. The first-order valence-corrected chi connectivity index (χ1v) is 7.82. The molecular formula is C18H15F2N3O3. The zero-order chi connectivity index (χ0) is 18.4. The van der Waals surface area contributed by atoms with Crippen molar-refractivity contribution in [1.82, 2.24) is 15.3 Å². The number of aromatic nitrogens is 2. The van der Waals surface area contributed by atoms with Crippen molar-refractivity contribution in [1.29, 1.82) is 0 Å². The van der Waals surface area contributed by atoms with Gasteiger partial charge in [-0.1, -0.05) is 12.1 Å². The molecule has 0 atom stereocenters. The predicted octanol–water partition coefficient (Wildman–Crippen LogP) is 2.90. The lowest BCUT2D eigenvalue weighted by Gasteiger charge is -2.04. The average Bonchev–Trinajstić information content (AvgIpc) is 3.13. The van der Waals surface area contributed by atoms with Gasteiger partial charge in [0.1, 0.15) is 6.26 Å². The topological polar surface area (TPSA) is 77.2 Å². The normalized spacial score (nSPS) is 10.5. The lowest BCUT2D eigenvalue weighted by Crippen LogP contribution is -2.26. The van der Waals surface area contributed by atoms with E-state index < -0.39 is 17.5 Å². The van der Waals surface area contributed by atoms with Crippen LogP contribution in [-0.2, 0) is 13.0 Å². The molecule has 134 valence electrons. The predicted molar refractivity (Wildman–Crippen MR) is 87.5 cm³/mol. The van der Waals surface area contributed by atoms with Crippen molar-refractivity contribution in [2.24, 2.45) is 0 Å². The molecular weight excluding hydrogens is 344 g/mol. The zero-order valence-corrected chi connectivity index (χ0v) is 13.6. The third-order valence-corrected chi connectivity index (χ3v) is 3.47. The number of carbonyl (C=O) groups excluding carboxylic acids is 1. The van der Waals surface area contributed by atoms with Crippen LogP contribution in [0.25, 0.3) is 0 Å². The summed E-state index contributed by atoms with van der Waals surface area (Å²) in [5.41, 5.74) is 1.08. The zero-order valence-electron chi connectivity index (χ0n) is 13.6. The lowest BCUT2D eigenvalue weighted by molar-refractivity contribution is 0.0949. The van der Waals surface area contributed by atoms with Gasteiger partial charge in [0.2, 0.25) is 11.7 Å². The van der Waals surface area contributed by atoms with Crippen LogP contribution < -0.4 is 10.1 Å². The molecule has 0 saturated carbocycles. The number of benzene rings is 1. The van der Waals surface area contributed by atoms with Crippen LogP contribution in [-0.4, -0.2) is 22.4 Å². The molecule has 1 N–H and O–H groups in total. The van der Waals surface area contributed by atoms with Gasteiger partial charge < -0.3 is 14.5 Å². The van der Waals surface area contributed by atoms with E-state index in [4.69, 9.17) is 9.15 Å². The molecule has 3 rings (SSSR count). The quantitative estimate of drug-likeness (QED) is 0.702. The number of rotatable bonds is 7. The summed E-state index contributed by atoms with van der Waals surface area (Å²) < 4.78 is 36.8. The highest BCUT2D eigenvalue weighted by molar-refractivity contribution is 5.91. The molecule has 0 aliphatic carbocycles. The van der Waals surface area contributed by atoms with Gasteiger partial charge >= 0.3 is 0 Å². The minimum atomic E-state index is -1.09. The van der Waals surface area contributed by atoms with Crippen LogP contribution in [0.5, 0.6) is 5.75 Å². The Morgan fingerprint density at radius 1 is 1.23 bits per heavy atom. The van der Waals surface area contributed by atoms with Crippen LogP contribution >= 0.6 is 0 Å². The van der Waals surface area contributed by atoms with Gasteiger partial charge in [0.25, 0.3) is 5.91 Å². The molecule has 1 aromatic carbocycles. The Hall–Kier alpha value is -3.29.